The fourth-order valence-electron chi connectivity index (χ4n) is 2.61. The predicted octanol–water partition coefficient (Wildman–Crippen LogP) is 2.05. The van der Waals surface area contributed by atoms with E-state index in [1.807, 2.05) is 0 Å². The standard InChI is InChI=1S/C17H25NO6/c1-7-22-15(19)12-10(5)18-11(6)13(16(20)23-8-2)14(12)17(21)24-9(3)4/h9,12,14H,7-8H2,1-6H3/t12?,14-/m1/s1. The molecule has 0 spiro atoms. The van der Waals surface area contributed by atoms with Crippen molar-refractivity contribution >= 4 is 23.6 Å². The lowest BCUT2D eigenvalue weighted by Crippen LogP contribution is -2.43. The molecule has 1 unspecified atom stereocenters. The molecule has 0 aromatic rings. The molecule has 0 fully saturated rings. The first-order valence-corrected chi connectivity index (χ1v) is 8.04. The molecule has 7 nitrogen and oxygen atoms in total. The molecule has 2 atom stereocenters. The zero-order valence-corrected chi connectivity index (χ0v) is 15.0. The van der Waals surface area contributed by atoms with E-state index < -0.39 is 29.7 Å². The van der Waals surface area contributed by atoms with Gasteiger partial charge >= 0.3 is 17.9 Å². The predicted molar refractivity (Wildman–Crippen MR) is 87.3 cm³/mol. The van der Waals surface area contributed by atoms with E-state index in [4.69, 9.17) is 14.2 Å². The molecule has 0 bridgehead atoms. The van der Waals surface area contributed by atoms with Gasteiger partial charge in [-0.25, -0.2) is 4.79 Å². The van der Waals surface area contributed by atoms with Crippen LogP contribution in [0.1, 0.15) is 41.5 Å². The highest BCUT2D eigenvalue weighted by atomic mass is 16.6. The van der Waals surface area contributed by atoms with Gasteiger partial charge in [-0.1, -0.05) is 0 Å². The average molecular weight is 339 g/mol. The largest absolute Gasteiger partial charge is 0.465 e. The van der Waals surface area contributed by atoms with Crippen molar-refractivity contribution in [2.75, 3.05) is 13.2 Å². The number of aliphatic imine (C=N–C) groups is 1. The minimum atomic E-state index is -1.12. The SMILES string of the molecule is CCOC(=O)C1=C(C)N=C(C)C(C(=O)OCC)[C@H]1C(=O)OC(C)C. The Kier molecular flexibility index (Phi) is 7.13. The van der Waals surface area contributed by atoms with Crippen molar-refractivity contribution in [1.29, 1.82) is 0 Å². The minimum Gasteiger partial charge on any atom is -0.465 e. The Bertz CT molecular complexity index is 576. The lowest BCUT2D eigenvalue weighted by molar-refractivity contribution is -0.160. The van der Waals surface area contributed by atoms with Crippen LogP contribution in [0.4, 0.5) is 0 Å². The molecule has 0 aromatic carbocycles. The summed E-state index contributed by atoms with van der Waals surface area (Å²) in [6.45, 7) is 10.3. The van der Waals surface area contributed by atoms with Crippen LogP contribution in [0.5, 0.6) is 0 Å². The Balaban J connectivity index is 3.39. The molecule has 24 heavy (non-hydrogen) atoms. The summed E-state index contributed by atoms with van der Waals surface area (Å²) in [7, 11) is 0. The topological polar surface area (TPSA) is 91.3 Å². The molecule has 0 radical (unpaired) electrons. The van der Waals surface area contributed by atoms with E-state index in [1.165, 1.54) is 0 Å². The second kappa shape index (κ2) is 8.61. The quantitative estimate of drug-likeness (QED) is 0.543. The van der Waals surface area contributed by atoms with Crippen LogP contribution in [-0.4, -0.2) is 42.9 Å². The summed E-state index contributed by atoms with van der Waals surface area (Å²) in [5, 5.41) is 0. The van der Waals surface area contributed by atoms with Gasteiger partial charge in [-0.3, -0.25) is 14.6 Å². The van der Waals surface area contributed by atoms with E-state index >= 15 is 0 Å². The van der Waals surface area contributed by atoms with Crippen LogP contribution in [-0.2, 0) is 28.6 Å². The summed E-state index contributed by atoms with van der Waals surface area (Å²) in [5.41, 5.74) is 0.799. The van der Waals surface area contributed by atoms with E-state index in [-0.39, 0.29) is 24.9 Å². The van der Waals surface area contributed by atoms with Crippen LogP contribution >= 0.6 is 0 Å². The number of esters is 3. The molecule has 0 saturated carbocycles. The van der Waals surface area contributed by atoms with E-state index in [0.717, 1.165) is 0 Å². The molecule has 134 valence electrons. The number of hydrogen-bond donors (Lipinski definition) is 0. The third-order valence-corrected chi connectivity index (χ3v) is 3.47. The van der Waals surface area contributed by atoms with Crippen molar-refractivity contribution in [2.24, 2.45) is 16.8 Å². The maximum atomic E-state index is 12.6. The lowest BCUT2D eigenvalue weighted by Gasteiger charge is -2.30. The van der Waals surface area contributed by atoms with Crippen molar-refractivity contribution in [2.45, 2.75) is 47.6 Å². The lowest BCUT2D eigenvalue weighted by atomic mass is 9.79. The van der Waals surface area contributed by atoms with Crippen molar-refractivity contribution in [3.05, 3.63) is 11.3 Å². The Morgan fingerprint density at radius 3 is 2.08 bits per heavy atom. The van der Waals surface area contributed by atoms with Gasteiger partial charge < -0.3 is 14.2 Å². The normalized spacial score (nSPS) is 20.5. The molecule has 0 amide bonds. The van der Waals surface area contributed by atoms with E-state index in [2.05, 4.69) is 4.99 Å². The number of rotatable bonds is 6. The fourth-order valence-corrected chi connectivity index (χ4v) is 2.61. The third kappa shape index (κ3) is 4.43. The molecular weight excluding hydrogens is 314 g/mol. The number of carbonyl (C=O) groups is 3. The summed E-state index contributed by atoms with van der Waals surface area (Å²) in [5.74, 6) is -4.08. The third-order valence-electron chi connectivity index (χ3n) is 3.47. The van der Waals surface area contributed by atoms with Crippen LogP contribution < -0.4 is 0 Å². The number of allylic oxidation sites excluding steroid dienone is 1. The summed E-state index contributed by atoms with van der Waals surface area (Å²) in [4.78, 5) is 41.6. The van der Waals surface area contributed by atoms with Crippen molar-refractivity contribution in [3.63, 3.8) is 0 Å². The van der Waals surface area contributed by atoms with Gasteiger partial charge in [0.2, 0.25) is 0 Å². The molecule has 7 heteroatoms. The summed E-state index contributed by atoms with van der Waals surface area (Å²) in [6, 6.07) is 0. The van der Waals surface area contributed by atoms with Gasteiger partial charge in [0, 0.05) is 11.4 Å². The Morgan fingerprint density at radius 2 is 1.58 bits per heavy atom. The highest BCUT2D eigenvalue weighted by molar-refractivity contribution is 6.10. The van der Waals surface area contributed by atoms with Crippen LogP contribution in [0, 0.1) is 11.8 Å². The monoisotopic (exact) mass is 339 g/mol. The van der Waals surface area contributed by atoms with Gasteiger partial charge in [-0.2, -0.15) is 0 Å². The first-order chi connectivity index (χ1) is 11.2. The first-order valence-electron chi connectivity index (χ1n) is 8.04. The number of carbonyl (C=O) groups excluding carboxylic acids is 3. The van der Waals surface area contributed by atoms with E-state index in [1.54, 1.807) is 41.5 Å². The van der Waals surface area contributed by atoms with Gasteiger partial charge in [-0.05, 0) is 41.5 Å². The summed E-state index contributed by atoms with van der Waals surface area (Å²) in [6.07, 6.45) is -0.386. The summed E-state index contributed by atoms with van der Waals surface area (Å²) < 4.78 is 15.4. The van der Waals surface area contributed by atoms with Gasteiger partial charge in [0.25, 0.3) is 0 Å². The second-order valence-corrected chi connectivity index (χ2v) is 5.67. The van der Waals surface area contributed by atoms with Crippen LogP contribution in [0.25, 0.3) is 0 Å². The Hall–Kier alpha value is -2.18. The summed E-state index contributed by atoms with van der Waals surface area (Å²) >= 11 is 0. The zero-order valence-electron chi connectivity index (χ0n) is 15.0. The van der Waals surface area contributed by atoms with Crippen molar-refractivity contribution in [3.8, 4) is 0 Å². The molecule has 1 aliphatic rings. The number of nitrogens with zero attached hydrogens (tertiary/aromatic N) is 1. The van der Waals surface area contributed by atoms with Crippen LogP contribution in [0.15, 0.2) is 16.3 Å². The minimum absolute atomic E-state index is 0.0474. The van der Waals surface area contributed by atoms with Gasteiger partial charge in [0.15, 0.2) is 0 Å². The molecule has 0 saturated heterocycles. The van der Waals surface area contributed by atoms with Crippen LogP contribution in [0.2, 0.25) is 0 Å². The average Bonchev–Trinajstić information content (AvgIpc) is 2.45. The van der Waals surface area contributed by atoms with Gasteiger partial charge in [0.1, 0.15) is 11.8 Å². The molecule has 0 N–H and O–H groups in total. The molecule has 0 aliphatic carbocycles. The molecule has 0 aromatic heterocycles. The molecule has 1 heterocycles. The Labute approximate surface area is 142 Å². The fraction of sp³-hybridized carbons (Fsp3) is 0.647. The van der Waals surface area contributed by atoms with E-state index in [0.29, 0.717) is 11.4 Å². The van der Waals surface area contributed by atoms with Crippen molar-refractivity contribution in [1.82, 2.24) is 0 Å². The highest BCUT2D eigenvalue weighted by Crippen LogP contribution is 2.34. The Morgan fingerprint density at radius 1 is 1.00 bits per heavy atom. The van der Waals surface area contributed by atoms with Crippen LogP contribution in [0.3, 0.4) is 0 Å². The number of ether oxygens (including phenoxy) is 3. The van der Waals surface area contributed by atoms with Gasteiger partial charge in [-0.15, -0.1) is 0 Å². The maximum absolute atomic E-state index is 12.6. The first kappa shape index (κ1) is 19.9. The second-order valence-electron chi connectivity index (χ2n) is 5.67. The van der Waals surface area contributed by atoms with Crippen molar-refractivity contribution < 1.29 is 28.6 Å². The zero-order chi connectivity index (χ0) is 18.4. The van der Waals surface area contributed by atoms with E-state index in [9.17, 15) is 14.4 Å². The highest BCUT2D eigenvalue weighted by Gasteiger charge is 2.46. The molecular formula is C17H25NO6. The van der Waals surface area contributed by atoms with Gasteiger partial charge in [0.05, 0.1) is 24.9 Å². The smallest absolute Gasteiger partial charge is 0.336 e. The molecule has 1 rings (SSSR count). The molecule has 1 aliphatic heterocycles. The maximum Gasteiger partial charge on any atom is 0.336 e. The number of hydrogen-bond acceptors (Lipinski definition) is 7.